The molecule has 0 rings (SSSR count). The summed E-state index contributed by atoms with van der Waals surface area (Å²) >= 11 is 0. The smallest absolute Gasteiger partial charge is 0.407 e. The van der Waals surface area contributed by atoms with Crippen molar-refractivity contribution in [1.82, 2.24) is 10.6 Å². The van der Waals surface area contributed by atoms with Crippen molar-refractivity contribution >= 4 is 12.0 Å². The van der Waals surface area contributed by atoms with Crippen LogP contribution in [-0.2, 0) is 9.53 Å². The number of nitrogens with two attached hydrogens (primary N) is 1. The largest absolute Gasteiger partial charge is 0.444 e. The quantitative estimate of drug-likeness (QED) is 0.479. The van der Waals surface area contributed by atoms with E-state index in [2.05, 4.69) is 16.6 Å². The fourth-order valence-corrected chi connectivity index (χ4v) is 1.23. The van der Waals surface area contributed by atoms with Gasteiger partial charge in [0.05, 0.1) is 12.6 Å². The summed E-state index contributed by atoms with van der Waals surface area (Å²) in [5, 5.41) is 5.10. The van der Waals surface area contributed by atoms with Gasteiger partial charge in [0.15, 0.2) is 0 Å². The second-order valence-corrected chi connectivity index (χ2v) is 5.10. The summed E-state index contributed by atoms with van der Waals surface area (Å²) in [7, 11) is 0. The van der Waals surface area contributed by atoms with Crippen LogP contribution in [0.2, 0.25) is 0 Å². The molecule has 0 saturated carbocycles. The van der Waals surface area contributed by atoms with Crippen LogP contribution >= 0.6 is 0 Å². The van der Waals surface area contributed by atoms with Crippen molar-refractivity contribution in [2.24, 2.45) is 5.73 Å². The van der Waals surface area contributed by atoms with E-state index in [-0.39, 0.29) is 12.5 Å². The van der Waals surface area contributed by atoms with E-state index in [1.165, 1.54) is 0 Å². The number of hydrogen-bond acceptors (Lipinski definition) is 4. The maximum atomic E-state index is 11.4. The molecule has 6 heteroatoms. The van der Waals surface area contributed by atoms with Gasteiger partial charge in [-0.25, -0.2) is 4.79 Å². The minimum Gasteiger partial charge on any atom is -0.444 e. The van der Waals surface area contributed by atoms with Gasteiger partial charge in [-0.3, -0.25) is 4.79 Å². The van der Waals surface area contributed by atoms with Gasteiger partial charge in [0.2, 0.25) is 5.91 Å². The topological polar surface area (TPSA) is 93.5 Å². The molecule has 0 saturated heterocycles. The summed E-state index contributed by atoms with van der Waals surface area (Å²) in [5.41, 5.74) is 5.13. The van der Waals surface area contributed by atoms with Crippen LogP contribution in [0.15, 0.2) is 0 Å². The number of hydrogen-bond donors (Lipinski definition) is 3. The Bertz CT molecular complexity index is 342. The Balaban J connectivity index is 3.72. The molecule has 0 aromatic heterocycles. The Morgan fingerprint density at radius 1 is 1.37 bits per heavy atom. The molecule has 0 bridgehead atoms. The van der Waals surface area contributed by atoms with E-state index in [4.69, 9.17) is 16.9 Å². The lowest BCUT2D eigenvalue weighted by Crippen LogP contribution is -2.41. The van der Waals surface area contributed by atoms with Gasteiger partial charge in [0.1, 0.15) is 5.60 Å². The summed E-state index contributed by atoms with van der Waals surface area (Å²) in [4.78, 5) is 22.7. The molecule has 0 aliphatic carbocycles. The molecule has 0 spiro atoms. The molecule has 0 radical (unpaired) electrons. The van der Waals surface area contributed by atoms with Crippen molar-refractivity contribution in [1.29, 1.82) is 0 Å². The summed E-state index contributed by atoms with van der Waals surface area (Å²) in [5.74, 6) is 2.01. The third-order valence-electron chi connectivity index (χ3n) is 2.06. The average Bonchev–Trinajstić information content (AvgIpc) is 2.29. The number of carbonyl (C=O) groups excluding carboxylic acids is 2. The Labute approximate surface area is 114 Å². The molecule has 19 heavy (non-hydrogen) atoms. The first kappa shape index (κ1) is 17.3. The fraction of sp³-hybridized carbons (Fsp3) is 0.692. The van der Waals surface area contributed by atoms with Crippen molar-refractivity contribution in [3.8, 4) is 12.3 Å². The van der Waals surface area contributed by atoms with Gasteiger partial charge in [0.25, 0.3) is 0 Å². The van der Waals surface area contributed by atoms with E-state index in [9.17, 15) is 9.59 Å². The molecule has 108 valence electrons. The molecule has 2 amide bonds. The van der Waals surface area contributed by atoms with E-state index < -0.39 is 17.7 Å². The minimum atomic E-state index is -0.617. The molecular formula is C13H23N3O3. The normalized spacial score (nSPS) is 12.2. The van der Waals surface area contributed by atoms with Crippen molar-refractivity contribution < 1.29 is 14.3 Å². The van der Waals surface area contributed by atoms with E-state index in [0.29, 0.717) is 19.4 Å². The zero-order valence-electron chi connectivity index (χ0n) is 11.8. The Morgan fingerprint density at radius 2 is 2.00 bits per heavy atom. The fourth-order valence-electron chi connectivity index (χ4n) is 1.23. The molecule has 0 aromatic rings. The van der Waals surface area contributed by atoms with Crippen LogP contribution in [0.1, 0.15) is 33.6 Å². The van der Waals surface area contributed by atoms with Gasteiger partial charge >= 0.3 is 6.09 Å². The van der Waals surface area contributed by atoms with Crippen LogP contribution in [0.3, 0.4) is 0 Å². The summed E-state index contributed by atoms with van der Waals surface area (Å²) in [6.45, 7) is 5.95. The molecule has 0 aromatic carbocycles. The summed E-state index contributed by atoms with van der Waals surface area (Å²) in [6, 6.07) is -0.617. The molecule has 1 atom stereocenters. The third kappa shape index (κ3) is 9.92. The van der Waals surface area contributed by atoms with Crippen molar-refractivity contribution in [3.63, 3.8) is 0 Å². The highest BCUT2D eigenvalue weighted by Crippen LogP contribution is 2.06. The molecule has 0 aliphatic rings. The van der Waals surface area contributed by atoms with Gasteiger partial charge in [-0.15, -0.1) is 6.42 Å². The maximum Gasteiger partial charge on any atom is 0.407 e. The monoisotopic (exact) mass is 269 g/mol. The maximum absolute atomic E-state index is 11.4. The zero-order valence-corrected chi connectivity index (χ0v) is 11.8. The Hall–Kier alpha value is -1.74. The number of rotatable bonds is 6. The van der Waals surface area contributed by atoms with Gasteiger partial charge in [-0.05, 0) is 33.6 Å². The molecule has 4 N–H and O–H groups in total. The lowest BCUT2D eigenvalue weighted by atomic mass is 10.1. The first-order valence-corrected chi connectivity index (χ1v) is 6.20. The van der Waals surface area contributed by atoms with E-state index in [1.807, 2.05) is 0 Å². The first-order chi connectivity index (χ1) is 8.76. The molecule has 0 heterocycles. The Kier molecular flexibility index (Phi) is 7.61. The van der Waals surface area contributed by atoms with Crippen molar-refractivity contribution in [2.45, 2.75) is 45.3 Å². The van der Waals surface area contributed by atoms with Crippen LogP contribution in [0, 0.1) is 12.3 Å². The van der Waals surface area contributed by atoms with Crippen LogP contribution in [0.4, 0.5) is 4.79 Å². The van der Waals surface area contributed by atoms with Crippen molar-refractivity contribution in [3.05, 3.63) is 0 Å². The second-order valence-electron chi connectivity index (χ2n) is 5.10. The predicted octanol–water partition coefficient (Wildman–Crippen LogP) is 0.368. The molecular weight excluding hydrogens is 246 g/mol. The van der Waals surface area contributed by atoms with Gasteiger partial charge in [0, 0.05) is 6.54 Å². The summed E-state index contributed by atoms with van der Waals surface area (Å²) in [6.07, 6.45) is 5.59. The standard InChI is InChI=1S/C13H23N3O3/c1-5-8-15-11(17)10(14)7-6-9-16-12(18)19-13(2,3)4/h1,10H,6-9,14H2,2-4H3,(H,15,17)(H,16,18)/t10-/m0/s1. The summed E-state index contributed by atoms with van der Waals surface area (Å²) < 4.78 is 5.06. The van der Waals surface area contributed by atoms with Crippen LogP contribution < -0.4 is 16.4 Å². The lowest BCUT2D eigenvalue weighted by Gasteiger charge is -2.19. The number of alkyl carbamates (subject to hydrolysis) is 1. The van der Waals surface area contributed by atoms with E-state index in [1.54, 1.807) is 20.8 Å². The zero-order chi connectivity index (χ0) is 14.9. The molecule has 0 fully saturated rings. The van der Waals surface area contributed by atoms with Gasteiger partial charge in [-0.2, -0.15) is 0 Å². The highest BCUT2D eigenvalue weighted by atomic mass is 16.6. The highest BCUT2D eigenvalue weighted by molar-refractivity contribution is 5.81. The second kappa shape index (κ2) is 8.38. The molecule has 6 nitrogen and oxygen atoms in total. The highest BCUT2D eigenvalue weighted by Gasteiger charge is 2.16. The number of terminal acetylenes is 1. The van der Waals surface area contributed by atoms with Crippen molar-refractivity contribution in [2.75, 3.05) is 13.1 Å². The average molecular weight is 269 g/mol. The number of carbonyl (C=O) groups is 2. The van der Waals surface area contributed by atoms with Crippen LogP contribution in [0.5, 0.6) is 0 Å². The van der Waals surface area contributed by atoms with Crippen LogP contribution in [-0.4, -0.2) is 36.7 Å². The first-order valence-electron chi connectivity index (χ1n) is 6.20. The molecule has 0 unspecified atom stereocenters. The van der Waals surface area contributed by atoms with E-state index >= 15 is 0 Å². The Morgan fingerprint density at radius 3 is 2.53 bits per heavy atom. The predicted molar refractivity (Wildman–Crippen MR) is 73.3 cm³/mol. The molecule has 0 aliphatic heterocycles. The third-order valence-corrected chi connectivity index (χ3v) is 2.06. The van der Waals surface area contributed by atoms with Gasteiger partial charge in [-0.1, -0.05) is 5.92 Å². The lowest BCUT2D eigenvalue weighted by molar-refractivity contribution is -0.122. The minimum absolute atomic E-state index is 0.169. The SMILES string of the molecule is C#CCNC(=O)[C@@H](N)CCCNC(=O)OC(C)(C)C. The number of amides is 2. The number of nitrogens with one attached hydrogen (secondary N) is 2. The van der Waals surface area contributed by atoms with E-state index in [0.717, 1.165) is 0 Å². The van der Waals surface area contributed by atoms with Gasteiger partial charge < -0.3 is 21.1 Å². The number of ether oxygens (including phenoxy) is 1. The van der Waals surface area contributed by atoms with Crippen LogP contribution in [0.25, 0.3) is 0 Å².